The van der Waals surface area contributed by atoms with Gasteiger partial charge in [0.1, 0.15) is 0 Å². The summed E-state index contributed by atoms with van der Waals surface area (Å²) in [5.41, 5.74) is 2.12. The Kier molecular flexibility index (Phi) is 6.30. The van der Waals surface area contributed by atoms with Gasteiger partial charge in [0, 0.05) is 29.3 Å². The molecule has 1 rings (SSSR count). The summed E-state index contributed by atoms with van der Waals surface area (Å²) in [5.74, 6) is 0. The number of likely N-dealkylation sites (N-methyl/N-ethyl adjacent to an activating group) is 2. The molecule has 0 fully saturated rings. The lowest BCUT2D eigenvalue weighted by molar-refractivity contribution is 0.198. The molecule has 1 N–H and O–H groups in total. The van der Waals surface area contributed by atoms with Gasteiger partial charge < -0.3 is 14.9 Å². The van der Waals surface area contributed by atoms with Crippen LogP contribution in [0, 0.1) is 0 Å². The Labute approximate surface area is 125 Å². The minimum Gasteiger partial charge on any atom is -0.389 e. The number of halogens is 1. The Balaban J connectivity index is 2.96. The van der Waals surface area contributed by atoms with E-state index in [1.54, 1.807) is 6.92 Å². The minimum atomic E-state index is -0.447. The van der Waals surface area contributed by atoms with Gasteiger partial charge in [0.25, 0.3) is 0 Å². The Morgan fingerprint density at radius 3 is 2.32 bits per heavy atom. The summed E-state index contributed by atoms with van der Waals surface area (Å²) in [6.07, 6.45) is -0.447. The van der Waals surface area contributed by atoms with Crippen molar-refractivity contribution in [2.45, 2.75) is 32.9 Å². The molecule has 1 aromatic carbocycles. The van der Waals surface area contributed by atoms with Crippen LogP contribution in [0.2, 0.25) is 0 Å². The van der Waals surface area contributed by atoms with Gasteiger partial charge in [-0.1, -0.05) is 22.0 Å². The van der Waals surface area contributed by atoms with Crippen molar-refractivity contribution >= 4 is 21.6 Å². The predicted octanol–water partition coefficient (Wildman–Crippen LogP) is 3.28. The molecule has 0 aromatic heterocycles. The number of aliphatic hydroxyl groups is 1. The lowest BCUT2D eigenvalue weighted by atomic mass is 10.1. The molecular formula is C15H25BrN2O. The third kappa shape index (κ3) is 4.48. The van der Waals surface area contributed by atoms with Gasteiger partial charge in [-0.15, -0.1) is 0 Å². The van der Waals surface area contributed by atoms with Crippen molar-refractivity contribution in [2.75, 3.05) is 32.1 Å². The molecule has 2 atom stereocenters. The van der Waals surface area contributed by atoms with Gasteiger partial charge in [-0.05, 0) is 52.6 Å². The summed E-state index contributed by atoms with van der Waals surface area (Å²) in [6, 6.07) is 6.62. The SMILES string of the molecule is CCN(c1ccc([C@H](C)O)c(Br)c1)C(C)CN(C)C. The van der Waals surface area contributed by atoms with Crippen LogP contribution in [-0.2, 0) is 0 Å². The van der Waals surface area contributed by atoms with Crippen LogP contribution in [0.1, 0.15) is 32.4 Å². The van der Waals surface area contributed by atoms with E-state index in [2.05, 4.69) is 65.8 Å². The van der Waals surface area contributed by atoms with E-state index < -0.39 is 6.10 Å². The normalized spacial score (nSPS) is 14.5. The zero-order chi connectivity index (χ0) is 14.6. The highest BCUT2D eigenvalue weighted by Gasteiger charge is 2.15. The van der Waals surface area contributed by atoms with Gasteiger partial charge in [0.2, 0.25) is 0 Å². The Morgan fingerprint density at radius 2 is 1.89 bits per heavy atom. The molecule has 0 radical (unpaired) electrons. The first-order valence-electron chi connectivity index (χ1n) is 6.75. The van der Waals surface area contributed by atoms with Crippen molar-refractivity contribution in [3.63, 3.8) is 0 Å². The first-order chi connectivity index (χ1) is 8.86. The van der Waals surface area contributed by atoms with Gasteiger partial charge in [-0.3, -0.25) is 0 Å². The molecule has 0 saturated carbocycles. The van der Waals surface area contributed by atoms with Crippen molar-refractivity contribution in [1.82, 2.24) is 4.90 Å². The standard InChI is InChI=1S/C15H25BrN2O/c1-6-18(11(2)10-17(4)5)13-7-8-14(12(3)19)15(16)9-13/h7-9,11-12,19H,6,10H2,1-5H3/t11?,12-/m0/s1. The second-order valence-corrected chi connectivity index (χ2v) is 6.13. The first kappa shape index (κ1) is 16.5. The van der Waals surface area contributed by atoms with Crippen LogP contribution in [-0.4, -0.2) is 43.2 Å². The number of nitrogens with zero attached hydrogens (tertiary/aromatic N) is 2. The molecular weight excluding hydrogens is 304 g/mol. The zero-order valence-corrected chi connectivity index (χ0v) is 14.1. The van der Waals surface area contributed by atoms with Crippen LogP contribution in [0.4, 0.5) is 5.69 Å². The van der Waals surface area contributed by atoms with E-state index in [1.165, 1.54) is 5.69 Å². The van der Waals surface area contributed by atoms with Crippen LogP contribution in [0.15, 0.2) is 22.7 Å². The van der Waals surface area contributed by atoms with E-state index in [0.29, 0.717) is 6.04 Å². The quantitative estimate of drug-likeness (QED) is 0.868. The number of anilines is 1. The summed E-state index contributed by atoms with van der Waals surface area (Å²) in [4.78, 5) is 4.57. The summed E-state index contributed by atoms with van der Waals surface area (Å²) >= 11 is 3.55. The van der Waals surface area contributed by atoms with Gasteiger partial charge >= 0.3 is 0 Å². The average molecular weight is 329 g/mol. The molecule has 0 heterocycles. The maximum Gasteiger partial charge on any atom is 0.0772 e. The summed E-state index contributed by atoms with van der Waals surface area (Å²) in [7, 11) is 4.19. The molecule has 0 bridgehead atoms. The number of benzene rings is 1. The van der Waals surface area contributed by atoms with E-state index in [0.717, 1.165) is 23.1 Å². The molecule has 0 aliphatic heterocycles. The monoisotopic (exact) mass is 328 g/mol. The maximum atomic E-state index is 9.67. The topological polar surface area (TPSA) is 26.7 Å². The summed E-state index contributed by atoms with van der Waals surface area (Å²) in [6.45, 7) is 8.17. The van der Waals surface area contributed by atoms with Crippen molar-refractivity contribution in [2.24, 2.45) is 0 Å². The first-order valence-corrected chi connectivity index (χ1v) is 7.55. The van der Waals surface area contributed by atoms with Crippen LogP contribution in [0.25, 0.3) is 0 Å². The number of aliphatic hydroxyl groups excluding tert-OH is 1. The van der Waals surface area contributed by atoms with Gasteiger partial charge in [-0.2, -0.15) is 0 Å². The molecule has 0 aliphatic carbocycles. The maximum absolute atomic E-state index is 9.67. The lowest BCUT2D eigenvalue weighted by Crippen LogP contribution is -2.40. The van der Waals surface area contributed by atoms with Crippen LogP contribution in [0.5, 0.6) is 0 Å². The Bertz CT molecular complexity index is 407. The average Bonchev–Trinajstić information content (AvgIpc) is 2.28. The lowest BCUT2D eigenvalue weighted by Gasteiger charge is -2.32. The number of hydrogen-bond donors (Lipinski definition) is 1. The van der Waals surface area contributed by atoms with Crippen LogP contribution in [0.3, 0.4) is 0 Å². The van der Waals surface area contributed by atoms with E-state index >= 15 is 0 Å². The van der Waals surface area contributed by atoms with Crippen molar-refractivity contribution in [1.29, 1.82) is 0 Å². The van der Waals surface area contributed by atoms with Crippen molar-refractivity contribution in [3.8, 4) is 0 Å². The molecule has 0 saturated heterocycles. The molecule has 3 nitrogen and oxygen atoms in total. The van der Waals surface area contributed by atoms with E-state index in [-0.39, 0.29) is 0 Å². The fourth-order valence-electron chi connectivity index (χ4n) is 2.41. The van der Waals surface area contributed by atoms with Crippen LogP contribution >= 0.6 is 15.9 Å². The Hall–Kier alpha value is -0.580. The summed E-state index contributed by atoms with van der Waals surface area (Å²) in [5, 5.41) is 9.67. The summed E-state index contributed by atoms with van der Waals surface area (Å²) < 4.78 is 0.968. The number of hydrogen-bond acceptors (Lipinski definition) is 3. The second kappa shape index (κ2) is 7.27. The molecule has 1 unspecified atom stereocenters. The van der Waals surface area contributed by atoms with Gasteiger partial charge in [0.05, 0.1) is 6.10 Å². The fourth-order valence-corrected chi connectivity index (χ4v) is 3.11. The smallest absolute Gasteiger partial charge is 0.0772 e. The molecule has 108 valence electrons. The second-order valence-electron chi connectivity index (χ2n) is 5.28. The van der Waals surface area contributed by atoms with E-state index in [9.17, 15) is 5.11 Å². The fraction of sp³-hybridized carbons (Fsp3) is 0.600. The van der Waals surface area contributed by atoms with Gasteiger partial charge in [0.15, 0.2) is 0 Å². The molecule has 4 heteroatoms. The van der Waals surface area contributed by atoms with E-state index in [1.807, 2.05) is 6.07 Å². The Morgan fingerprint density at radius 1 is 1.26 bits per heavy atom. The molecule has 0 amide bonds. The highest BCUT2D eigenvalue weighted by atomic mass is 79.9. The minimum absolute atomic E-state index is 0.447. The molecule has 19 heavy (non-hydrogen) atoms. The molecule has 0 spiro atoms. The highest BCUT2D eigenvalue weighted by Crippen LogP contribution is 2.29. The van der Waals surface area contributed by atoms with Crippen molar-refractivity contribution in [3.05, 3.63) is 28.2 Å². The largest absolute Gasteiger partial charge is 0.389 e. The van der Waals surface area contributed by atoms with Crippen molar-refractivity contribution < 1.29 is 5.11 Å². The zero-order valence-electron chi connectivity index (χ0n) is 12.5. The molecule has 0 aliphatic rings. The highest BCUT2D eigenvalue weighted by molar-refractivity contribution is 9.10. The van der Waals surface area contributed by atoms with E-state index in [4.69, 9.17) is 0 Å². The predicted molar refractivity (Wildman–Crippen MR) is 85.8 cm³/mol. The van der Waals surface area contributed by atoms with Crippen LogP contribution < -0.4 is 4.90 Å². The third-order valence-corrected chi connectivity index (χ3v) is 3.95. The van der Waals surface area contributed by atoms with Gasteiger partial charge in [-0.25, -0.2) is 0 Å². The third-order valence-electron chi connectivity index (χ3n) is 3.27. The molecule has 1 aromatic rings. The number of rotatable bonds is 6.